The number of nitrogen functional groups attached to an aromatic ring is 1. The Kier molecular flexibility index (Phi) is 4.29. The van der Waals surface area contributed by atoms with E-state index in [4.69, 9.17) is 19.9 Å². The average molecular weight is 354 g/mol. The predicted octanol–water partition coefficient (Wildman–Crippen LogP) is 1.86. The van der Waals surface area contributed by atoms with Crippen LogP contribution in [0.3, 0.4) is 0 Å². The van der Waals surface area contributed by atoms with Crippen LogP contribution < -0.4 is 5.73 Å². The van der Waals surface area contributed by atoms with Crippen molar-refractivity contribution in [3.63, 3.8) is 0 Å². The molecule has 2 aliphatic rings. The standard InChI is InChI=1S/C16H22N2O5S/c1-9(2)5-21-6-10-4-16(12(19)22-10)8-15(3,23-13(16)20)11-7-24-14(17)18-11/h7,9-10H,4-6,8H2,1-3H3,(H2,17,18)/t10-,15+,16+/m0/s1. The lowest BCUT2D eigenvalue weighted by Crippen LogP contribution is -2.32. The van der Waals surface area contributed by atoms with Gasteiger partial charge < -0.3 is 19.9 Å². The SMILES string of the molecule is CC(C)COC[C@@H]1C[C@@]2(C[C@](C)(c3csc(N)n3)OC2=O)C(=O)O1. The number of esters is 2. The van der Waals surface area contributed by atoms with Crippen molar-refractivity contribution >= 4 is 28.4 Å². The molecular formula is C16H22N2O5S. The smallest absolute Gasteiger partial charge is 0.324 e. The largest absolute Gasteiger partial charge is 0.459 e. The first-order valence-corrected chi connectivity index (χ1v) is 8.87. The zero-order chi connectivity index (χ0) is 17.5. The Morgan fingerprint density at radius 3 is 2.83 bits per heavy atom. The predicted molar refractivity (Wildman–Crippen MR) is 87.2 cm³/mol. The first-order valence-electron chi connectivity index (χ1n) is 7.99. The molecule has 1 spiro atoms. The maximum Gasteiger partial charge on any atom is 0.324 e. The third kappa shape index (κ3) is 2.88. The normalized spacial score (nSPS) is 32.6. The second-order valence-corrected chi connectivity index (χ2v) is 8.00. The summed E-state index contributed by atoms with van der Waals surface area (Å²) in [7, 11) is 0. The van der Waals surface area contributed by atoms with Gasteiger partial charge in [-0.15, -0.1) is 11.3 Å². The maximum atomic E-state index is 12.5. The summed E-state index contributed by atoms with van der Waals surface area (Å²) in [6.45, 7) is 6.72. The van der Waals surface area contributed by atoms with Gasteiger partial charge in [0.2, 0.25) is 0 Å². The summed E-state index contributed by atoms with van der Waals surface area (Å²) in [4.78, 5) is 29.1. The molecule has 0 radical (unpaired) electrons. The van der Waals surface area contributed by atoms with Crippen molar-refractivity contribution in [2.45, 2.75) is 45.3 Å². The van der Waals surface area contributed by atoms with Gasteiger partial charge in [-0.1, -0.05) is 13.8 Å². The fourth-order valence-electron chi connectivity index (χ4n) is 3.28. The van der Waals surface area contributed by atoms with Crippen molar-refractivity contribution in [3.8, 4) is 0 Å². The molecule has 24 heavy (non-hydrogen) atoms. The molecule has 0 unspecified atom stereocenters. The lowest BCUT2D eigenvalue weighted by atomic mass is 9.78. The van der Waals surface area contributed by atoms with Crippen molar-refractivity contribution in [1.82, 2.24) is 4.98 Å². The van der Waals surface area contributed by atoms with Gasteiger partial charge in [-0.25, -0.2) is 4.98 Å². The molecule has 0 aliphatic carbocycles. The Morgan fingerprint density at radius 1 is 1.46 bits per heavy atom. The summed E-state index contributed by atoms with van der Waals surface area (Å²) in [6, 6.07) is 0. The molecule has 0 aromatic carbocycles. The number of cyclic esters (lactones) is 2. The summed E-state index contributed by atoms with van der Waals surface area (Å²) >= 11 is 1.28. The minimum Gasteiger partial charge on any atom is -0.459 e. The van der Waals surface area contributed by atoms with Crippen LogP contribution in [0.2, 0.25) is 0 Å². The lowest BCUT2D eigenvalue weighted by molar-refractivity contribution is -0.160. The van der Waals surface area contributed by atoms with Crippen molar-refractivity contribution in [2.75, 3.05) is 18.9 Å². The van der Waals surface area contributed by atoms with Crippen LogP contribution in [0.25, 0.3) is 0 Å². The summed E-state index contributed by atoms with van der Waals surface area (Å²) in [5.74, 6) is -0.684. The molecule has 2 fully saturated rings. The maximum absolute atomic E-state index is 12.5. The van der Waals surface area contributed by atoms with Crippen molar-refractivity contribution in [3.05, 3.63) is 11.1 Å². The van der Waals surface area contributed by atoms with Crippen molar-refractivity contribution in [1.29, 1.82) is 0 Å². The van der Waals surface area contributed by atoms with Gasteiger partial charge in [0.1, 0.15) is 6.10 Å². The van der Waals surface area contributed by atoms with Crippen molar-refractivity contribution in [2.24, 2.45) is 11.3 Å². The molecule has 8 heteroatoms. The van der Waals surface area contributed by atoms with E-state index in [0.717, 1.165) is 0 Å². The number of thiazole rings is 1. The highest BCUT2D eigenvalue weighted by atomic mass is 32.1. The number of carbonyl (C=O) groups excluding carboxylic acids is 2. The Hall–Kier alpha value is -1.67. The Morgan fingerprint density at radius 2 is 2.21 bits per heavy atom. The number of ether oxygens (including phenoxy) is 3. The van der Waals surface area contributed by atoms with E-state index >= 15 is 0 Å². The van der Waals surface area contributed by atoms with Crippen LogP contribution in [0.5, 0.6) is 0 Å². The second-order valence-electron chi connectivity index (χ2n) is 7.11. The zero-order valence-corrected chi connectivity index (χ0v) is 14.9. The Bertz CT molecular complexity index is 661. The second kappa shape index (κ2) is 6.00. The number of hydrogen-bond acceptors (Lipinski definition) is 8. The van der Waals surface area contributed by atoms with Crippen molar-refractivity contribution < 1.29 is 23.8 Å². The van der Waals surface area contributed by atoms with Crippen LogP contribution in [0, 0.1) is 11.3 Å². The topological polar surface area (TPSA) is 101 Å². The van der Waals surface area contributed by atoms with E-state index in [9.17, 15) is 9.59 Å². The first kappa shape index (κ1) is 17.2. The third-order valence-corrected chi connectivity index (χ3v) is 5.08. The van der Waals surface area contributed by atoms with Gasteiger partial charge in [0.15, 0.2) is 16.1 Å². The first-order chi connectivity index (χ1) is 11.2. The molecule has 1 aromatic heterocycles. The Labute approximate surface area is 144 Å². The van der Waals surface area contributed by atoms with Crippen LogP contribution in [-0.2, 0) is 29.4 Å². The molecular weight excluding hydrogens is 332 g/mol. The zero-order valence-electron chi connectivity index (χ0n) is 14.0. The van der Waals surface area contributed by atoms with Crippen LogP contribution >= 0.6 is 11.3 Å². The number of carbonyl (C=O) groups is 2. The molecule has 3 heterocycles. The van der Waals surface area contributed by atoms with Crippen LogP contribution in [-0.4, -0.2) is 36.2 Å². The van der Waals surface area contributed by atoms with E-state index in [0.29, 0.717) is 30.0 Å². The number of hydrogen-bond donors (Lipinski definition) is 1. The van der Waals surface area contributed by atoms with E-state index in [1.165, 1.54) is 11.3 Å². The highest BCUT2D eigenvalue weighted by Crippen LogP contribution is 2.52. The van der Waals surface area contributed by atoms with Crippen LogP contribution in [0.4, 0.5) is 5.13 Å². The average Bonchev–Trinajstić information content (AvgIpc) is 3.11. The summed E-state index contributed by atoms with van der Waals surface area (Å²) < 4.78 is 16.5. The van der Waals surface area contributed by atoms with Crippen LogP contribution in [0.15, 0.2) is 5.38 Å². The minimum absolute atomic E-state index is 0.210. The fraction of sp³-hybridized carbons (Fsp3) is 0.688. The molecule has 0 bridgehead atoms. The summed E-state index contributed by atoms with van der Waals surface area (Å²) in [6.07, 6.45) is 0.0612. The van der Waals surface area contributed by atoms with Gasteiger partial charge >= 0.3 is 11.9 Å². The Balaban J connectivity index is 1.74. The van der Waals surface area contributed by atoms with E-state index in [2.05, 4.69) is 4.98 Å². The lowest BCUT2D eigenvalue weighted by Gasteiger charge is -2.20. The quantitative estimate of drug-likeness (QED) is 0.636. The number of nitrogens with two attached hydrogens (primary N) is 1. The number of aromatic nitrogens is 1. The molecule has 7 nitrogen and oxygen atoms in total. The van der Waals surface area contributed by atoms with Gasteiger partial charge in [0.25, 0.3) is 0 Å². The van der Waals surface area contributed by atoms with Gasteiger partial charge in [-0.3, -0.25) is 9.59 Å². The highest BCUT2D eigenvalue weighted by Gasteiger charge is 2.65. The van der Waals surface area contributed by atoms with Gasteiger partial charge in [-0.2, -0.15) is 0 Å². The van der Waals surface area contributed by atoms with E-state index in [-0.39, 0.29) is 12.8 Å². The third-order valence-electron chi connectivity index (χ3n) is 4.41. The molecule has 0 amide bonds. The number of nitrogens with zero attached hydrogens (tertiary/aromatic N) is 1. The fourth-order valence-corrected chi connectivity index (χ4v) is 3.96. The van der Waals surface area contributed by atoms with E-state index < -0.39 is 29.1 Å². The van der Waals surface area contributed by atoms with E-state index in [1.807, 2.05) is 13.8 Å². The van der Waals surface area contributed by atoms with E-state index in [1.54, 1.807) is 12.3 Å². The van der Waals surface area contributed by atoms with Gasteiger partial charge in [-0.05, 0) is 12.8 Å². The molecule has 1 aromatic rings. The molecule has 3 rings (SSSR count). The monoisotopic (exact) mass is 354 g/mol. The molecule has 0 saturated carbocycles. The molecule has 2 N–H and O–H groups in total. The van der Waals surface area contributed by atoms with Gasteiger partial charge in [0, 0.05) is 24.8 Å². The highest BCUT2D eigenvalue weighted by molar-refractivity contribution is 7.13. The van der Waals surface area contributed by atoms with Gasteiger partial charge in [0.05, 0.1) is 12.3 Å². The summed E-state index contributed by atoms with van der Waals surface area (Å²) in [5, 5.41) is 2.16. The number of rotatable bonds is 5. The summed E-state index contributed by atoms with van der Waals surface area (Å²) in [5.41, 5.74) is 4.02. The molecule has 2 saturated heterocycles. The van der Waals surface area contributed by atoms with Crippen LogP contribution in [0.1, 0.15) is 39.3 Å². The number of anilines is 1. The molecule has 132 valence electrons. The molecule has 3 atom stereocenters. The minimum atomic E-state index is -1.26. The molecule has 2 aliphatic heterocycles.